The van der Waals surface area contributed by atoms with Crippen LogP contribution < -0.4 is 4.74 Å². The van der Waals surface area contributed by atoms with E-state index in [2.05, 4.69) is 4.98 Å². The molecule has 3 nitrogen and oxygen atoms in total. The van der Waals surface area contributed by atoms with Gasteiger partial charge in [0.05, 0.1) is 6.10 Å². The molecule has 0 aromatic carbocycles. The lowest BCUT2D eigenvalue weighted by molar-refractivity contribution is 0.232. The third kappa shape index (κ3) is 3.42. The van der Waals surface area contributed by atoms with Crippen LogP contribution in [0.25, 0.3) is 0 Å². The second-order valence-electron chi connectivity index (χ2n) is 3.14. The van der Waals surface area contributed by atoms with E-state index in [1.807, 2.05) is 26.0 Å². The zero-order valence-electron chi connectivity index (χ0n) is 8.03. The monoisotopic (exact) mass is 181 g/mol. The Hall–Kier alpha value is -1.09. The summed E-state index contributed by atoms with van der Waals surface area (Å²) in [5, 5.41) is 8.68. The number of aliphatic hydroxyl groups is 1. The van der Waals surface area contributed by atoms with Crippen LogP contribution >= 0.6 is 0 Å². The minimum Gasteiger partial charge on any atom is -0.475 e. The molecule has 0 atom stereocenters. The molecule has 0 unspecified atom stereocenters. The van der Waals surface area contributed by atoms with E-state index in [9.17, 15) is 0 Å². The molecule has 1 rings (SSSR count). The summed E-state index contributed by atoms with van der Waals surface area (Å²) in [6.07, 6.45) is 2.53. The molecule has 72 valence electrons. The van der Waals surface area contributed by atoms with E-state index in [-0.39, 0.29) is 12.7 Å². The van der Waals surface area contributed by atoms with Crippen molar-refractivity contribution < 1.29 is 9.84 Å². The average molecular weight is 181 g/mol. The van der Waals surface area contributed by atoms with Crippen molar-refractivity contribution in [2.45, 2.75) is 26.4 Å². The van der Waals surface area contributed by atoms with Crippen LogP contribution in [0.1, 0.15) is 19.4 Å². The van der Waals surface area contributed by atoms with Gasteiger partial charge in [-0.15, -0.1) is 0 Å². The molecule has 0 fully saturated rings. The maximum absolute atomic E-state index is 8.68. The predicted molar refractivity (Wildman–Crippen MR) is 50.8 cm³/mol. The van der Waals surface area contributed by atoms with Gasteiger partial charge in [-0.2, -0.15) is 0 Å². The summed E-state index contributed by atoms with van der Waals surface area (Å²) in [6, 6.07) is 3.74. The van der Waals surface area contributed by atoms with Crippen LogP contribution in [0.3, 0.4) is 0 Å². The molecule has 0 aliphatic carbocycles. The molecule has 1 N–H and O–H groups in total. The topological polar surface area (TPSA) is 42.4 Å². The Labute approximate surface area is 78.4 Å². The highest BCUT2D eigenvalue weighted by atomic mass is 16.5. The van der Waals surface area contributed by atoms with Crippen LogP contribution in [0, 0.1) is 0 Å². The van der Waals surface area contributed by atoms with Gasteiger partial charge in [0.2, 0.25) is 5.88 Å². The van der Waals surface area contributed by atoms with Crippen molar-refractivity contribution in [3.05, 3.63) is 23.9 Å². The first-order valence-electron chi connectivity index (χ1n) is 4.45. The Morgan fingerprint density at radius 1 is 1.46 bits per heavy atom. The third-order valence-electron chi connectivity index (χ3n) is 1.55. The fourth-order valence-electron chi connectivity index (χ4n) is 0.999. The molecule has 1 heterocycles. The van der Waals surface area contributed by atoms with E-state index in [4.69, 9.17) is 9.84 Å². The van der Waals surface area contributed by atoms with Crippen molar-refractivity contribution in [2.75, 3.05) is 6.61 Å². The van der Waals surface area contributed by atoms with Crippen molar-refractivity contribution in [1.29, 1.82) is 0 Å². The quantitative estimate of drug-likeness (QED) is 0.763. The summed E-state index contributed by atoms with van der Waals surface area (Å²) in [5.41, 5.74) is 1.03. The highest BCUT2D eigenvalue weighted by Gasteiger charge is 1.98. The van der Waals surface area contributed by atoms with Crippen molar-refractivity contribution in [1.82, 2.24) is 4.98 Å². The molecule has 0 saturated carbocycles. The fraction of sp³-hybridized carbons (Fsp3) is 0.500. The van der Waals surface area contributed by atoms with Gasteiger partial charge in [-0.3, -0.25) is 0 Å². The maximum atomic E-state index is 8.68. The Kier molecular flexibility index (Phi) is 3.71. The Morgan fingerprint density at radius 3 is 2.69 bits per heavy atom. The SMILES string of the molecule is CC(C)Oc1ccc(CCO)cn1. The standard InChI is InChI=1S/C10H15NO2/c1-8(2)13-10-4-3-9(5-6-12)7-11-10/h3-4,7-8,12H,5-6H2,1-2H3. The number of hydrogen-bond donors (Lipinski definition) is 1. The lowest BCUT2D eigenvalue weighted by atomic mass is 10.2. The molecule has 1 aromatic heterocycles. The Bertz CT molecular complexity index is 244. The lowest BCUT2D eigenvalue weighted by Gasteiger charge is -2.08. The molecule has 13 heavy (non-hydrogen) atoms. The van der Waals surface area contributed by atoms with Crippen molar-refractivity contribution in [3.63, 3.8) is 0 Å². The molecule has 0 spiro atoms. The summed E-state index contributed by atoms with van der Waals surface area (Å²) < 4.78 is 5.37. The molecule has 1 aromatic rings. The number of ether oxygens (including phenoxy) is 1. The van der Waals surface area contributed by atoms with Gasteiger partial charge in [0.25, 0.3) is 0 Å². The third-order valence-corrected chi connectivity index (χ3v) is 1.55. The van der Waals surface area contributed by atoms with Crippen LogP contribution in [0.15, 0.2) is 18.3 Å². The summed E-state index contributed by atoms with van der Waals surface area (Å²) >= 11 is 0. The van der Waals surface area contributed by atoms with E-state index >= 15 is 0 Å². The van der Waals surface area contributed by atoms with Gasteiger partial charge in [0.1, 0.15) is 0 Å². The molecule has 0 aliphatic heterocycles. The summed E-state index contributed by atoms with van der Waals surface area (Å²) in [5.74, 6) is 0.636. The first-order valence-corrected chi connectivity index (χ1v) is 4.45. The lowest BCUT2D eigenvalue weighted by Crippen LogP contribution is -2.06. The van der Waals surface area contributed by atoms with E-state index in [0.717, 1.165) is 5.56 Å². The molecule has 0 bridgehead atoms. The zero-order chi connectivity index (χ0) is 9.68. The van der Waals surface area contributed by atoms with Gasteiger partial charge in [-0.1, -0.05) is 6.07 Å². The second-order valence-corrected chi connectivity index (χ2v) is 3.14. The molecule has 0 saturated heterocycles. The van der Waals surface area contributed by atoms with Crippen LogP contribution in [0.5, 0.6) is 5.88 Å². The minimum atomic E-state index is 0.149. The van der Waals surface area contributed by atoms with Crippen LogP contribution in [0.2, 0.25) is 0 Å². The molecule has 0 aliphatic rings. The van der Waals surface area contributed by atoms with E-state index in [1.54, 1.807) is 6.20 Å². The highest BCUT2D eigenvalue weighted by Crippen LogP contribution is 2.09. The van der Waals surface area contributed by atoms with Gasteiger partial charge >= 0.3 is 0 Å². The number of aliphatic hydroxyl groups excluding tert-OH is 1. The van der Waals surface area contributed by atoms with Crippen LogP contribution in [0.4, 0.5) is 0 Å². The number of pyridine rings is 1. The summed E-state index contributed by atoms with van der Waals surface area (Å²) in [7, 11) is 0. The molecule has 3 heteroatoms. The number of nitrogens with zero attached hydrogens (tertiary/aromatic N) is 1. The van der Waals surface area contributed by atoms with Crippen molar-refractivity contribution >= 4 is 0 Å². The van der Waals surface area contributed by atoms with E-state index in [1.165, 1.54) is 0 Å². The van der Waals surface area contributed by atoms with E-state index in [0.29, 0.717) is 12.3 Å². The predicted octanol–water partition coefficient (Wildman–Crippen LogP) is 1.40. The average Bonchev–Trinajstić information content (AvgIpc) is 2.08. The van der Waals surface area contributed by atoms with E-state index < -0.39 is 0 Å². The molecule has 0 radical (unpaired) electrons. The highest BCUT2D eigenvalue weighted by molar-refractivity contribution is 5.18. The molecule has 0 amide bonds. The summed E-state index contributed by atoms with van der Waals surface area (Å²) in [6.45, 7) is 4.08. The van der Waals surface area contributed by atoms with Crippen LogP contribution in [-0.2, 0) is 6.42 Å². The Morgan fingerprint density at radius 2 is 2.23 bits per heavy atom. The Balaban J connectivity index is 2.59. The number of hydrogen-bond acceptors (Lipinski definition) is 3. The van der Waals surface area contributed by atoms with Gasteiger partial charge in [0, 0.05) is 18.9 Å². The normalized spacial score (nSPS) is 10.5. The minimum absolute atomic E-state index is 0.149. The second kappa shape index (κ2) is 4.82. The molecular weight excluding hydrogens is 166 g/mol. The number of aromatic nitrogens is 1. The van der Waals surface area contributed by atoms with Gasteiger partial charge in [-0.05, 0) is 25.8 Å². The smallest absolute Gasteiger partial charge is 0.213 e. The first-order chi connectivity index (χ1) is 6.22. The zero-order valence-corrected chi connectivity index (χ0v) is 8.03. The van der Waals surface area contributed by atoms with Gasteiger partial charge in [0.15, 0.2) is 0 Å². The van der Waals surface area contributed by atoms with Crippen LogP contribution in [-0.4, -0.2) is 22.8 Å². The largest absolute Gasteiger partial charge is 0.475 e. The van der Waals surface area contributed by atoms with Gasteiger partial charge < -0.3 is 9.84 Å². The number of rotatable bonds is 4. The fourth-order valence-corrected chi connectivity index (χ4v) is 0.999. The van der Waals surface area contributed by atoms with Crippen molar-refractivity contribution in [3.8, 4) is 5.88 Å². The first kappa shape index (κ1) is 9.99. The summed E-state index contributed by atoms with van der Waals surface area (Å²) in [4.78, 5) is 4.10. The maximum Gasteiger partial charge on any atom is 0.213 e. The van der Waals surface area contributed by atoms with Crippen molar-refractivity contribution in [2.24, 2.45) is 0 Å². The van der Waals surface area contributed by atoms with Gasteiger partial charge in [-0.25, -0.2) is 4.98 Å². The molecular formula is C10H15NO2.